The van der Waals surface area contributed by atoms with E-state index < -0.39 is 0 Å². The van der Waals surface area contributed by atoms with Gasteiger partial charge in [-0.1, -0.05) is 42.1 Å². The van der Waals surface area contributed by atoms with Gasteiger partial charge in [-0.3, -0.25) is 9.59 Å². The smallest absolute Gasteiger partial charge is 0.239 e. The van der Waals surface area contributed by atoms with Gasteiger partial charge in [-0.15, -0.1) is 22.7 Å². The van der Waals surface area contributed by atoms with Crippen molar-refractivity contribution in [2.45, 2.75) is 29.4 Å². The van der Waals surface area contributed by atoms with Gasteiger partial charge in [-0.2, -0.15) is 0 Å². The standard InChI is InChI=1S/C22H20N4O2S3/c1-14(20(28)26-21-23-11-12-29-21)30-22-25-17-9-8-16(13-18(17)31-22)24-19(27)10-7-15-5-3-2-4-6-15/h2-6,8-9,11-14H,7,10H2,1H3,(H,24,27)(H,23,26,28)/t14-/m1/s1. The van der Waals surface area contributed by atoms with Crippen LogP contribution in [0.2, 0.25) is 0 Å². The molecule has 0 saturated carbocycles. The van der Waals surface area contributed by atoms with Gasteiger partial charge in [0.05, 0.1) is 15.5 Å². The number of nitrogens with one attached hydrogen (secondary N) is 2. The molecule has 0 aliphatic heterocycles. The van der Waals surface area contributed by atoms with Crippen molar-refractivity contribution in [2.24, 2.45) is 0 Å². The SMILES string of the molecule is C[C@@H](Sc1nc2ccc(NC(=O)CCc3ccccc3)cc2s1)C(=O)Nc1nccs1. The fourth-order valence-corrected chi connectivity index (χ4v) is 5.64. The van der Waals surface area contributed by atoms with Gasteiger partial charge in [0.1, 0.15) is 0 Å². The Morgan fingerprint density at radius 2 is 1.97 bits per heavy atom. The Morgan fingerprint density at radius 3 is 2.74 bits per heavy atom. The molecule has 4 aromatic rings. The summed E-state index contributed by atoms with van der Waals surface area (Å²) in [5.74, 6) is -0.125. The van der Waals surface area contributed by atoms with E-state index in [1.807, 2.05) is 60.8 Å². The quantitative estimate of drug-likeness (QED) is 0.336. The number of benzene rings is 2. The van der Waals surface area contributed by atoms with Crippen LogP contribution in [0.25, 0.3) is 10.2 Å². The monoisotopic (exact) mass is 468 g/mol. The summed E-state index contributed by atoms with van der Waals surface area (Å²) in [5, 5.41) is 7.87. The Bertz CT molecular complexity index is 1180. The lowest BCUT2D eigenvalue weighted by molar-refractivity contribution is -0.116. The highest BCUT2D eigenvalue weighted by atomic mass is 32.2. The molecule has 2 aromatic heterocycles. The van der Waals surface area contributed by atoms with Crippen LogP contribution in [0, 0.1) is 0 Å². The van der Waals surface area contributed by atoms with Crippen LogP contribution in [0.15, 0.2) is 64.4 Å². The van der Waals surface area contributed by atoms with Crippen molar-refractivity contribution in [3.63, 3.8) is 0 Å². The summed E-state index contributed by atoms with van der Waals surface area (Å²) in [6, 6.07) is 15.6. The van der Waals surface area contributed by atoms with E-state index in [-0.39, 0.29) is 17.1 Å². The van der Waals surface area contributed by atoms with Crippen molar-refractivity contribution in [3.8, 4) is 0 Å². The van der Waals surface area contributed by atoms with Gasteiger partial charge in [0.2, 0.25) is 11.8 Å². The Hall–Kier alpha value is -2.75. The zero-order valence-corrected chi connectivity index (χ0v) is 19.2. The highest BCUT2D eigenvalue weighted by Crippen LogP contribution is 2.33. The maximum absolute atomic E-state index is 12.3. The number of hydrogen-bond acceptors (Lipinski definition) is 7. The lowest BCUT2D eigenvalue weighted by Crippen LogP contribution is -2.22. The van der Waals surface area contributed by atoms with E-state index in [2.05, 4.69) is 20.6 Å². The minimum atomic E-state index is -0.304. The van der Waals surface area contributed by atoms with Crippen molar-refractivity contribution in [1.82, 2.24) is 9.97 Å². The van der Waals surface area contributed by atoms with Crippen LogP contribution < -0.4 is 10.6 Å². The third-order valence-electron chi connectivity index (χ3n) is 4.45. The average molecular weight is 469 g/mol. The van der Waals surface area contributed by atoms with E-state index >= 15 is 0 Å². The van der Waals surface area contributed by atoms with Crippen LogP contribution in [0.4, 0.5) is 10.8 Å². The Labute approximate surface area is 192 Å². The molecule has 2 aromatic carbocycles. The molecule has 158 valence electrons. The normalized spacial score (nSPS) is 11.9. The minimum Gasteiger partial charge on any atom is -0.326 e. The first-order valence-corrected chi connectivity index (χ1v) is 12.3. The second kappa shape index (κ2) is 10.0. The Kier molecular flexibility index (Phi) is 6.96. The first kappa shape index (κ1) is 21.5. The zero-order valence-electron chi connectivity index (χ0n) is 16.7. The van der Waals surface area contributed by atoms with E-state index in [4.69, 9.17) is 0 Å². The average Bonchev–Trinajstić information content (AvgIpc) is 3.42. The van der Waals surface area contributed by atoms with Gasteiger partial charge < -0.3 is 10.6 Å². The number of carbonyl (C=O) groups is 2. The van der Waals surface area contributed by atoms with E-state index in [0.29, 0.717) is 18.0 Å². The van der Waals surface area contributed by atoms with Crippen LogP contribution >= 0.6 is 34.4 Å². The summed E-state index contributed by atoms with van der Waals surface area (Å²) >= 11 is 4.31. The van der Waals surface area contributed by atoms with Gasteiger partial charge in [0.25, 0.3) is 0 Å². The zero-order chi connectivity index (χ0) is 21.6. The number of aromatic nitrogens is 2. The molecule has 2 N–H and O–H groups in total. The van der Waals surface area contributed by atoms with Crippen molar-refractivity contribution in [3.05, 3.63) is 65.7 Å². The summed E-state index contributed by atoms with van der Waals surface area (Å²) in [5.41, 5.74) is 2.74. The molecule has 6 nitrogen and oxygen atoms in total. The number of hydrogen-bond donors (Lipinski definition) is 2. The lowest BCUT2D eigenvalue weighted by Gasteiger charge is -2.07. The van der Waals surface area contributed by atoms with E-state index in [1.165, 1.54) is 34.4 Å². The number of fused-ring (bicyclic) bond motifs is 1. The van der Waals surface area contributed by atoms with Gasteiger partial charge in [0.15, 0.2) is 9.47 Å². The second-order valence-corrected chi connectivity index (χ2v) is 10.3. The van der Waals surface area contributed by atoms with Crippen LogP contribution in [0.5, 0.6) is 0 Å². The van der Waals surface area contributed by atoms with Crippen molar-refractivity contribution < 1.29 is 9.59 Å². The topological polar surface area (TPSA) is 84.0 Å². The third kappa shape index (κ3) is 5.90. The largest absolute Gasteiger partial charge is 0.326 e. The van der Waals surface area contributed by atoms with Crippen molar-refractivity contribution in [2.75, 3.05) is 10.6 Å². The van der Waals surface area contributed by atoms with Crippen LogP contribution in [-0.4, -0.2) is 27.0 Å². The Balaban J connectivity index is 1.35. The summed E-state index contributed by atoms with van der Waals surface area (Å²) in [7, 11) is 0. The molecule has 0 aliphatic rings. The summed E-state index contributed by atoms with van der Waals surface area (Å²) in [6.45, 7) is 1.85. The minimum absolute atomic E-state index is 0.0187. The molecule has 2 amide bonds. The number of amides is 2. The highest BCUT2D eigenvalue weighted by Gasteiger charge is 2.18. The second-order valence-electron chi connectivity index (χ2n) is 6.78. The molecule has 0 fully saturated rings. The van der Waals surface area contributed by atoms with E-state index in [9.17, 15) is 9.59 Å². The number of thiazole rings is 2. The molecule has 9 heteroatoms. The molecule has 0 saturated heterocycles. The molecule has 0 spiro atoms. The maximum atomic E-state index is 12.3. The molecular weight excluding hydrogens is 448 g/mol. The first-order chi connectivity index (χ1) is 15.1. The number of aryl methyl sites for hydroxylation is 1. The summed E-state index contributed by atoms with van der Waals surface area (Å²) in [6.07, 6.45) is 2.79. The molecule has 0 bridgehead atoms. The summed E-state index contributed by atoms with van der Waals surface area (Å²) in [4.78, 5) is 33.3. The molecule has 0 radical (unpaired) electrons. The molecule has 0 unspecified atom stereocenters. The maximum Gasteiger partial charge on any atom is 0.239 e. The van der Waals surface area contributed by atoms with Gasteiger partial charge >= 0.3 is 0 Å². The summed E-state index contributed by atoms with van der Waals surface area (Å²) < 4.78 is 1.78. The molecule has 31 heavy (non-hydrogen) atoms. The fraction of sp³-hybridized carbons (Fsp3) is 0.182. The molecule has 4 rings (SSSR count). The highest BCUT2D eigenvalue weighted by molar-refractivity contribution is 8.02. The van der Waals surface area contributed by atoms with Gasteiger partial charge in [-0.05, 0) is 37.1 Å². The third-order valence-corrected chi connectivity index (χ3v) is 7.35. The predicted octanol–water partition coefficient (Wildman–Crippen LogP) is 5.44. The predicted molar refractivity (Wildman–Crippen MR) is 129 cm³/mol. The van der Waals surface area contributed by atoms with Crippen molar-refractivity contribution in [1.29, 1.82) is 0 Å². The first-order valence-electron chi connectivity index (χ1n) is 9.68. The van der Waals surface area contributed by atoms with Gasteiger partial charge in [-0.25, -0.2) is 9.97 Å². The fourth-order valence-electron chi connectivity index (χ4n) is 2.85. The molecule has 2 heterocycles. The molecular formula is C22H20N4O2S3. The lowest BCUT2D eigenvalue weighted by atomic mass is 10.1. The number of thioether (sulfide) groups is 1. The number of rotatable bonds is 8. The van der Waals surface area contributed by atoms with Gasteiger partial charge in [0, 0.05) is 23.7 Å². The van der Waals surface area contributed by atoms with Crippen LogP contribution in [0.1, 0.15) is 18.9 Å². The van der Waals surface area contributed by atoms with Crippen LogP contribution in [-0.2, 0) is 16.0 Å². The number of carbonyl (C=O) groups excluding carboxylic acids is 2. The Morgan fingerprint density at radius 1 is 1.13 bits per heavy atom. The van der Waals surface area contributed by atoms with Crippen LogP contribution in [0.3, 0.4) is 0 Å². The molecule has 0 aliphatic carbocycles. The number of nitrogens with zero attached hydrogens (tertiary/aromatic N) is 2. The van der Waals surface area contributed by atoms with E-state index in [0.717, 1.165) is 25.8 Å². The molecule has 1 atom stereocenters. The van der Waals surface area contributed by atoms with Crippen molar-refractivity contribution >= 4 is 67.3 Å². The number of anilines is 2. The van der Waals surface area contributed by atoms with E-state index in [1.54, 1.807) is 6.20 Å².